The van der Waals surface area contributed by atoms with Gasteiger partial charge in [-0.1, -0.05) is 18.2 Å². The van der Waals surface area contributed by atoms with Crippen LogP contribution in [0, 0.1) is 0 Å². The zero-order valence-corrected chi connectivity index (χ0v) is 15.8. The summed E-state index contributed by atoms with van der Waals surface area (Å²) in [5.74, 6) is -0.425. The van der Waals surface area contributed by atoms with Gasteiger partial charge in [-0.15, -0.1) is 0 Å². The van der Waals surface area contributed by atoms with Gasteiger partial charge in [0.25, 0.3) is 5.91 Å². The number of carbonyl (C=O) groups is 3. The first kappa shape index (κ1) is 17.4. The number of imidazole rings is 1. The quantitative estimate of drug-likeness (QED) is 0.667. The van der Waals surface area contributed by atoms with Crippen molar-refractivity contribution in [3.8, 4) is 0 Å². The Bertz CT molecular complexity index is 1180. The normalized spacial score (nSPS) is 20.4. The van der Waals surface area contributed by atoms with E-state index in [1.165, 1.54) is 4.90 Å². The zero-order valence-electron chi connectivity index (χ0n) is 15.8. The first-order valence-electron chi connectivity index (χ1n) is 9.37. The molecule has 2 N–H and O–H groups in total. The summed E-state index contributed by atoms with van der Waals surface area (Å²) in [4.78, 5) is 42.6. The molecule has 1 atom stereocenters. The fourth-order valence-corrected chi connectivity index (χ4v) is 4.27. The molecule has 29 heavy (non-hydrogen) atoms. The summed E-state index contributed by atoms with van der Waals surface area (Å²) in [5, 5.41) is 5.31. The predicted molar refractivity (Wildman–Crippen MR) is 106 cm³/mol. The summed E-state index contributed by atoms with van der Waals surface area (Å²) in [5.41, 5.74) is 3.53. The average molecular weight is 389 g/mol. The highest BCUT2D eigenvalue weighted by atomic mass is 16.2. The molecule has 1 aliphatic carbocycles. The van der Waals surface area contributed by atoms with E-state index in [1.54, 1.807) is 17.9 Å². The van der Waals surface area contributed by atoms with Crippen LogP contribution in [0.25, 0.3) is 11.0 Å². The minimum Gasteiger partial charge on any atom is -0.325 e. The van der Waals surface area contributed by atoms with Crippen molar-refractivity contribution < 1.29 is 14.4 Å². The molecule has 3 aromatic rings. The van der Waals surface area contributed by atoms with Crippen molar-refractivity contribution in [1.29, 1.82) is 0 Å². The second-order valence-electron chi connectivity index (χ2n) is 7.60. The number of nitrogens with one attached hydrogen (secondary N) is 2. The number of aromatic nitrogens is 2. The number of urea groups is 1. The van der Waals surface area contributed by atoms with E-state index in [2.05, 4.69) is 15.6 Å². The lowest BCUT2D eigenvalue weighted by molar-refractivity contribution is -0.125. The monoisotopic (exact) mass is 389 g/mol. The minimum absolute atomic E-state index is 0.154. The maximum absolute atomic E-state index is 12.5. The first-order valence-corrected chi connectivity index (χ1v) is 9.37. The Morgan fingerprint density at radius 3 is 2.76 bits per heavy atom. The molecule has 2 heterocycles. The van der Waals surface area contributed by atoms with E-state index in [0.29, 0.717) is 18.5 Å². The molecule has 0 radical (unpaired) electrons. The van der Waals surface area contributed by atoms with Gasteiger partial charge in [0.1, 0.15) is 12.1 Å². The largest absolute Gasteiger partial charge is 0.325 e. The average Bonchev–Trinajstić information content (AvgIpc) is 3.34. The molecule has 1 fully saturated rings. The SMILES string of the molecule is CN1C(=O)NC(=O)C12Cc1ccc(NC(=O)Cn3cnc4ccccc43)cc1C2. The molecule has 5 rings (SSSR count). The van der Waals surface area contributed by atoms with Gasteiger partial charge >= 0.3 is 6.03 Å². The van der Waals surface area contributed by atoms with Crippen LogP contribution in [0.3, 0.4) is 0 Å². The fraction of sp³-hybridized carbons (Fsp3) is 0.238. The van der Waals surface area contributed by atoms with E-state index in [4.69, 9.17) is 0 Å². The number of nitrogens with zero attached hydrogens (tertiary/aromatic N) is 3. The molecule has 1 saturated heterocycles. The number of rotatable bonds is 3. The number of anilines is 1. The standard InChI is InChI=1S/C21H19N5O3/c1-25-20(29)24-19(28)21(25)9-13-6-7-15(8-14(13)10-21)23-18(27)11-26-12-22-16-4-2-3-5-17(16)26/h2-8,12H,9-11H2,1H3,(H,23,27)(H,24,28,29). The molecule has 8 nitrogen and oxygen atoms in total. The topological polar surface area (TPSA) is 96.3 Å². The van der Waals surface area contributed by atoms with Crippen LogP contribution in [0.1, 0.15) is 11.1 Å². The van der Waals surface area contributed by atoms with Crippen molar-refractivity contribution >= 4 is 34.6 Å². The van der Waals surface area contributed by atoms with E-state index < -0.39 is 5.54 Å². The lowest BCUT2D eigenvalue weighted by atomic mass is 9.95. The fourth-order valence-electron chi connectivity index (χ4n) is 4.27. The molecular weight excluding hydrogens is 370 g/mol. The second-order valence-corrected chi connectivity index (χ2v) is 7.60. The molecule has 1 unspecified atom stereocenters. The van der Waals surface area contributed by atoms with Gasteiger partial charge in [0.2, 0.25) is 5.91 Å². The Morgan fingerprint density at radius 1 is 1.17 bits per heavy atom. The first-order chi connectivity index (χ1) is 14.0. The maximum Gasteiger partial charge on any atom is 0.324 e. The zero-order chi connectivity index (χ0) is 20.2. The Balaban J connectivity index is 1.33. The number of likely N-dealkylation sites (N-methyl/N-ethyl adjacent to an activating group) is 1. The van der Waals surface area contributed by atoms with Crippen molar-refractivity contribution in [3.63, 3.8) is 0 Å². The minimum atomic E-state index is -0.863. The summed E-state index contributed by atoms with van der Waals surface area (Å²) in [7, 11) is 1.64. The highest BCUT2D eigenvalue weighted by molar-refractivity contribution is 6.07. The van der Waals surface area contributed by atoms with Gasteiger partial charge in [-0.25, -0.2) is 9.78 Å². The van der Waals surface area contributed by atoms with Crippen molar-refractivity contribution in [2.75, 3.05) is 12.4 Å². The molecular formula is C21H19N5O3. The lowest BCUT2D eigenvalue weighted by Gasteiger charge is -2.27. The van der Waals surface area contributed by atoms with E-state index in [9.17, 15) is 14.4 Å². The van der Waals surface area contributed by atoms with Crippen LogP contribution in [0.15, 0.2) is 48.8 Å². The van der Waals surface area contributed by atoms with Crippen LogP contribution in [-0.2, 0) is 29.0 Å². The van der Waals surface area contributed by atoms with Crippen LogP contribution in [0.2, 0.25) is 0 Å². The Labute approximate surface area is 166 Å². The van der Waals surface area contributed by atoms with Crippen molar-refractivity contribution in [3.05, 3.63) is 59.9 Å². The predicted octanol–water partition coefficient (Wildman–Crippen LogP) is 1.69. The highest BCUT2D eigenvalue weighted by Gasteiger charge is 2.54. The van der Waals surface area contributed by atoms with E-state index in [0.717, 1.165) is 22.2 Å². The third kappa shape index (κ3) is 2.67. The smallest absolute Gasteiger partial charge is 0.324 e. The second kappa shape index (κ2) is 6.16. The van der Waals surface area contributed by atoms with Crippen LogP contribution in [-0.4, -0.2) is 44.9 Å². The van der Waals surface area contributed by atoms with E-state index >= 15 is 0 Å². The molecule has 0 bridgehead atoms. The van der Waals surface area contributed by atoms with Gasteiger partial charge in [0.15, 0.2) is 0 Å². The van der Waals surface area contributed by atoms with Crippen molar-refractivity contribution in [1.82, 2.24) is 19.8 Å². The third-order valence-corrected chi connectivity index (χ3v) is 5.89. The molecule has 1 aromatic heterocycles. The Kier molecular flexibility index (Phi) is 3.70. The highest BCUT2D eigenvalue weighted by Crippen LogP contribution is 2.38. The van der Waals surface area contributed by atoms with Gasteiger partial charge in [0, 0.05) is 25.6 Å². The van der Waals surface area contributed by atoms with Gasteiger partial charge in [0.05, 0.1) is 17.4 Å². The molecule has 8 heteroatoms. The van der Waals surface area contributed by atoms with Gasteiger partial charge < -0.3 is 14.8 Å². The number of benzene rings is 2. The Morgan fingerprint density at radius 2 is 1.97 bits per heavy atom. The maximum atomic E-state index is 12.5. The van der Waals surface area contributed by atoms with Crippen LogP contribution >= 0.6 is 0 Å². The summed E-state index contributed by atoms with van der Waals surface area (Å²) in [6, 6.07) is 12.9. The molecule has 2 aliphatic rings. The van der Waals surface area contributed by atoms with Crippen molar-refractivity contribution in [2.45, 2.75) is 24.9 Å². The summed E-state index contributed by atoms with van der Waals surface area (Å²) in [6.45, 7) is 0.154. The molecule has 0 saturated carbocycles. The number of carbonyl (C=O) groups excluding carboxylic acids is 3. The molecule has 4 amide bonds. The number of hydrogen-bond acceptors (Lipinski definition) is 4. The number of para-hydroxylation sites is 2. The summed E-state index contributed by atoms with van der Waals surface area (Å²) >= 11 is 0. The van der Waals surface area contributed by atoms with Crippen LogP contribution in [0.5, 0.6) is 0 Å². The van der Waals surface area contributed by atoms with E-state index in [1.807, 2.05) is 42.5 Å². The number of fused-ring (bicyclic) bond motifs is 2. The molecule has 1 aliphatic heterocycles. The lowest BCUT2D eigenvalue weighted by Crippen LogP contribution is -2.48. The number of amides is 4. The number of imide groups is 1. The van der Waals surface area contributed by atoms with Crippen LogP contribution in [0.4, 0.5) is 10.5 Å². The van der Waals surface area contributed by atoms with Crippen molar-refractivity contribution in [2.24, 2.45) is 0 Å². The summed E-state index contributed by atoms with van der Waals surface area (Å²) in [6.07, 6.45) is 2.57. The van der Waals surface area contributed by atoms with Gasteiger partial charge in [-0.05, 0) is 35.4 Å². The molecule has 146 valence electrons. The third-order valence-electron chi connectivity index (χ3n) is 5.89. The van der Waals surface area contributed by atoms with Gasteiger partial charge in [-0.3, -0.25) is 14.9 Å². The Hall–Kier alpha value is -3.68. The molecule has 2 aromatic carbocycles. The van der Waals surface area contributed by atoms with Gasteiger partial charge in [-0.2, -0.15) is 0 Å². The van der Waals surface area contributed by atoms with Crippen LogP contribution < -0.4 is 10.6 Å². The molecule has 1 spiro atoms. The van der Waals surface area contributed by atoms with E-state index in [-0.39, 0.29) is 24.4 Å². The summed E-state index contributed by atoms with van der Waals surface area (Å²) < 4.78 is 1.80. The number of hydrogen-bond donors (Lipinski definition) is 2.